The fourth-order valence-electron chi connectivity index (χ4n) is 2.33. The van der Waals surface area contributed by atoms with E-state index >= 15 is 0 Å². The molecular formula is C14H13Cl2N3O2. The summed E-state index contributed by atoms with van der Waals surface area (Å²) in [6, 6.07) is 6.71. The van der Waals surface area contributed by atoms with Gasteiger partial charge in [-0.25, -0.2) is 4.68 Å². The number of aliphatic hydroxyl groups excluding tert-OH is 1. The second-order valence-corrected chi connectivity index (χ2v) is 5.78. The van der Waals surface area contributed by atoms with Gasteiger partial charge in [0.1, 0.15) is 0 Å². The molecule has 1 atom stereocenters. The summed E-state index contributed by atoms with van der Waals surface area (Å²) in [6.45, 7) is 0.905. The van der Waals surface area contributed by atoms with Crippen LogP contribution in [-0.2, 0) is 0 Å². The minimum atomic E-state index is -0.443. The van der Waals surface area contributed by atoms with Crippen molar-refractivity contribution in [1.82, 2.24) is 14.7 Å². The smallest absolute Gasteiger partial charge is 0.274 e. The summed E-state index contributed by atoms with van der Waals surface area (Å²) < 4.78 is 1.54. The number of hydrogen-bond donors (Lipinski definition) is 1. The first kappa shape index (κ1) is 14.4. The Balaban J connectivity index is 1.84. The van der Waals surface area contributed by atoms with Gasteiger partial charge in [0.2, 0.25) is 0 Å². The summed E-state index contributed by atoms with van der Waals surface area (Å²) in [5.74, 6) is -0.185. The molecule has 0 spiro atoms. The first-order chi connectivity index (χ1) is 10.0. The summed E-state index contributed by atoms with van der Waals surface area (Å²) in [5.41, 5.74) is 0.983. The molecule has 7 heteroatoms. The Morgan fingerprint density at radius 2 is 2.14 bits per heavy atom. The van der Waals surface area contributed by atoms with Gasteiger partial charge >= 0.3 is 0 Å². The fourth-order valence-corrected chi connectivity index (χ4v) is 2.82. The van der Waals surface area contributed by atoms with E-state index < -0.39 is 6.10 Å². The lowest BCUT2D eigenvalue weighted by Gasteiger charge is -2.13. The van der Waals surface area contributed by atoms with Gasteiger partial charge in [0.15, 0.2) is 5.69 Å². The Hall–Kier alpha value is -1.56. The van der Waals surface area contributed by atoms with Gasteiger partial charge in [0.25, 0.3) is 5.91 Å². The summed E-state index contributed by atoms with van der Waals surface area (Å²) >= 11 is 12.0. The molecular weight excluding hydrogens is 313 g/mol. The first-order valence-electron chi connectivity index (χ1n) is 6.53. The number of nitrogens with zero attached hydrogens (tertiary/aromatic N) is 3. The lowest BCUT2D eigenvalue weighted by molar-refractivity contribution is 0.0759. The van der Waals surface area contributed by atoms with Crippen molar-refractivity contribution in [3.8, 4) is 5.69 Å². The third-order valence-corrected chi connectivity index (χ3v) is 3.95. The molecule has 5 nitrogen and oxygen atoms in total. The molecule has 1 aliphatic rings. The van der Waals surface area contributed by atoms with Gasteiger partial charge in [0, 0.05) is 24.3 Å². The normalized spacial score (nSPS) is 18.2. The van der Waals surface area contributed by atoms with E-state index in [1.54, 1.807) is 40.0 Å². The number of likely N-dealkylation sites (tertiary alicyclic amines) is 1. The molecule has 1 aromatic carbocycles. The number of rotatable bonds is 2. The molecule has 1 aliphatic heterocycles. The quantitative estimate of drug-likeness (QED) is 0.922. The van der Waals surface area contributed by atoms with Crippen molar-refractivity contribution in [3.05, 3.63) is 46.2 Å². The molecule has 0 saturated carbocycles. The second-order valence-electron chi connectivity index (χ2n) is 4.93. The van der Waals surface area contributed by atoms with Crippen molar-refractivity contribution < 1.29 is 9.90 Å². The van der Waals surface area contributed by atoms with E-state index in [0.29, 0.717) is 40.9 Å². The molecule has 1 aromatic heterocycles. The van der Waals surface area contributed by atoms with Crippen LogP contribution in [0.15, 0.2) is 30.5 Å². The third kappa shape index (κ3) is 2.90. The average Bonchev–Trinajstić information content (AvgIpc) is 3.07. The second kappa shape index (κ2) is 5.67. The molecule has 3 rings (SSSR count). The minimum Gasteiger partial charge on any atom is -0.391 e. The van der Waals surface area contributed by atoms with Gasteiger partial charge < -0.3 is 10.0 Å². The van der Waals surface area contributed by atoms with Crippen LogP contribution in [0.5, 0.6) is 0 Å². The van der Waals surface area contributed by atoms with Gasteiger partial charge in [-0.2, -0.15) is 5.10 Å². The highest BCUT2D eigenvalue weighted by Gasteiger charge is 2.26. The molecule has 0 bridgehead atoms. The lowest BCUT2D eigenvalue weighted by Crippen LogP contribution is -2.29. The van der Waals surface area contributed by atoms with Crippen LogP contribution in [0.2, 0.25) is 10.0 Å². The molecule has 2 heterocycles. The number of halogens is 2. The van der Waals surface area contributed by atoms with Crippen LogP contribution in [0.3, 0.4) is 0 Å². The van der Waals surface area contributed by atoms with Gasteiger partial charge in [0.05, 0.1) is 16.8 Å². The van der Waals surface area contributed by atoms with E-state index in [1.807, 2.05) is 0 Å². The van der Waals surface area contributed by atoms with E-state index in [2.05, 4.69) is 5.10 Å². The van der Waals surface area contributed by atoms with E-state index in [9.17, 15) is 9.90 Å². The Morgan fingerprint density at radius 1 is 1.33 bits per heavy atom. The lowest BCUT2D eigenvalue weighted by atomic mass is 10.3. The monoisotopic (exact) mass is 325 g/mol. The standard InChI is InChI=1S/C14H13Cl2N3O2/c15-9-1-2-13(11(16)7-9)19-6-4-12(17-19)14(21)18-5-3-10(20)8-18/h1-2,4,6-7,10,20H,3,5,8H2/t10-/m1/s1. The topological polar surface area (TPSA) is 58.4 Å². The number of carbonyl (C=O) groups is 1. The number of amides is 1. The molecule has 0 radical (unpaired) electrons. The van der Waals surface area contributed by atoms with Gasteiger partial charge in [-0.05, 0) is 30.7 Å². The summed E-state index contributed by atoms with van der Waals surface area (Å²) in [7, 11) is 0. The highest BCUT2D eigenvalue weighted by atomic mass is 35.5. The van der Waals surface area contributed by atoms with Crippen molar-refractivity contribution in [2.45, 2.75) is 12.5 Å². The molecule has 1 fully saturated rings. The first-order valence-corrected chi connectivity index (χ1v) is 7.28. The minimum absolute atomic E-state index is 0.185. The molecule has 2 aromatic rings. The van der Waals surface area contributed by atoms with Crippen LogP contribution >= 0.6 is 23.2 Å². The number of aliphatic hydroxyl groups is 1. The van der Waals surface area contributed by atoms with Gasteiger partial charge in [-0.15, -0.1) is 0 Å². The maximum absolute atomic E-state index is 12.3. The van der Waals surface area contributed by atoms with Crippen LogP contribution < -0.4 is 0 Å². The van der Waals surface area contributed by atoms with Crippen molar-refractivity contribution in [1.29, 1.82) is 0 Å². The van der Waals surface area contributed by atoms with Crippen LogP contribution in [0, 0.1) is 0 Å². The molecule has 0 unspecified atom stereocenters. The zero-order chi connectivity index (χ0) is 15.0. The Morgan fingerprint density at radius 3 is 2.81 bits per heavy atom. The van der Waals surface area contributed by atoms with E-state index in [4.69, 9.17) is 23.2 Å². The Bertz CT molecular complexity index is 687. The van der Waals surface area contributed by atoms with E-state index in [0.717, 1.165) is 0 Å². The fraction of sp³-hybridized carbons (Fsp3) is 0.286. The van der Waals surface area contributed by atoms with Gasteiger partial charge in [-0.1, -0.05) is 23.2 Å². The highest BCUT2D eigenvalue weighted by Crippen LogP contribution is 2.24. The number of carbonyl (C=O) groups excluding carboxylic acids is 1. The molecule has 1 amide bonds. The molecule has 1 saturated heterocycles. The van der Waals surface area contributed by atoms with Crippen molar-refractivity contribution in [2.24, 2.45) is 0 Å². The molecule has 21 heavy (non-hydrogen) atoms. The van der Waals surface area contributed by atoms with Crippen molar-refractivity contribution in [2.75, 3.05) is 13.1 Å². The van der Waals surface area contributed by atoms with E-state index in [1.165, 1.54) is 0 Å². The predicted octanol–water partition coefficient (Wildman–Crippen LogP) is 2.39. The van der Waals surface area contributed by atoms with Crippen molar-refractivity contribution >= 4 is 29.1 Å². The number of hydrogen-bond acceptors (Lipinski definition) is 3. The summed E-state index contributed by atoms with van der Waals surface area (Å²) in [4.78, 5) is 13.9. The average molecular weight is 326 g/mol. The zero-order valence-electron chi connectivity index (χ0n) is 11.0. The summed E-state index contributed by atoms with van der Waals surface area (Å²) in [5, 5.41) is 14.7. The van der Waals surface area contributed by atoms with Crippen LogP contribution in [-0.4, -0.2) is 44.9 Å². The SMILES string of the molecule is O=C(c1ccn(-c2ccc(Cl)cc2Cl)n1)N1CC[C@@H](O)C1. The van der Waals surface area contributed by atoms with Crippen LogP contribution in [0.25, 0.3) is 5.69 Å². The third-order valence-electron chi connectivity index (χ3n) is 3.42. The maximum Gasteiger partial charge on any atom is 0.274 e. The van der Waals surface area contributed by atoms with Crippen LogP contribution in [0.1, 0.15) is 16.9 Å². The number of aromatic nitrogens is 2. The highest BCUT2D eigenvalue weighted by molar-refractivity contribution is 6.35. The Labute approximate surface area is 131 Å². The Kier molecular flexibility index (Phi) is 3.89. The summed E-state index contributed by atoms with van der Waals surface area (Å²) in [6.07, 6.45) is 1.84. The van der Waals surface area contributed by atoms with Crippen molar-refractivity contribution in [3.63, 3.8) is 0 Å². The molecule has 0 aliphatic carbocycles. The number of benzene rings is 1. The maximum atomic E-state index is 12.3. The zero-order valence-corrected chi connectivity index (χ0v) is 12.6. The van der Waals surface area contributed by atoms with E-state index in [-0.39, 0.29) is 5.91 Å². The molecule has 1 N–H and O–H groups in total. The largest absolute Gasteiger partial charge is 0.391 e. The van der Waals surface area contributed by atoms with Crippen LogP contribution in [0.4, 0.5) is 0 Å². The molecule has 110 valence electrons. The number of β-amino-alcohol motifs (C(OH)–C–C–N with tert-alkyl or cyclic N) is 1. The van der Waals surface area contributed by atoms with Gasteiger partial charge in [-0.3, -0.25) is 4.79 Å². The predicted molar refractivity (Wildman–Crippen MR) is 80.1 cm³/mol.